The highest BCUT2D eigenvalue weighted by molar-refractivity contribution is 7.07. The van der Waals surface area contributed by atoms with E-state index in [-0.39, 0.29) is 59.4 Å². The number of para-hydroxylation sites is 2. The molecular formula is C68H96N18O4S. The lowest BCUT2D eigenvalue weighted by Gasteiger charge is -1.81. The first-order valence-corrected chi connectivity index (χ1v) is 25.5. The van der Waals surface area contributed by atoms with Gasteiger partial charge in [0.25, 0.3) is 0 Å². The minimum Gasteiger partial charge on any atom is -0.473 e. The average Bonchev–Trinajstić information content (AvgIpc) is 3.51. The van der Waals surface area contributed by atoms with Crippen LogP contribution >= 0.6 is 11.3 Å². The Labute approximate surface area is 543 Å². The molecule has 1 aromatic carbocycles. The summed E-state index contributed by atoms with van der Waals surface area (Å²) in [5.74, 6) is 0. The lowest BCUT2D eigenvalue weighted by atomic mass is 10.3. The van der Waals surface area contributed by atoms with Crippen LogP contribution in [-0.4, -0.2) is 91.2 Å². The summed E-state index contributed by atoms with van der Waals surface area (Å²) in [6, 6.07) is 38.2. The van der Waals surface area contributed by atoms with Gasteiger partial charge in [-0.2, -0.15) is 16.4 Å². The zero-order valence-corrected chi connectivity index (χ0v) is 45.8. The van der Waals surface area contributed by atoms with Crippen molar-refractivity contribution >= 4 is 28.6 Å². The number of imidazole rings is 2. The SMILES string of the molecule is C.C.C.C.C.C.C.C.C1=CN=CC1.c1c[nH]cn1.c1cc[nH]c1.c1cc[nH]c1.c1ccc2[nH]cnc2c1.c1ccncc1.c1ccoc1.c1ccoc1.c1ccsc1.c1cn[nH]c1.c1cnccn1.c1cncnc1.c1cncnc1.c1cocn1.c1cocn1. The Kier molecular flexibility index (Phi) is 84.0. The number of hydrogen-bond acceptors (Lipinski definition) is 18. The number of nitrogens with zero attached hydrogens (tertiary/aromatic N) is 13. The van der Waals surface area contributed by atoms with Crippen molar-refractivity contribution in [3.05, 3.63) is 344 Å². The van der Waals surface area contributed by atoms with Crippen LogP contribution in [0.15, 0.2) is 367 Å². The molecule has 0 fully saturated rings. The first-order chi connectivity index (χ1) is 41.5. The van der Waals surface area contributed by atoms with Crippen LogP contribution in [0.25, 0.3) is 11.0 Å². The van der Waals surface area contributed by atoms with Gasteiger partial charge in [0.1, 0.15) is 25.2 Å². The number of aromatic nitrogens is 17. The van der Waals surface area contributed by atoms with Crippen molar-refractivity contribution in [2.75, 3.05) is 0 Å². The number of oxazole rings is 2. The molecule has 0 saturated carbocycles. The van der Waals surface area contributed by atoms with E-state index in [0.29, 0.717) is 0 Å². The predicted octanol–water partition coefficient (Wildman–Crippen LogP) is 18.6. The summed E-state index contributed by atoms with van der Waals surface area (Å²) in [6.45, 7) is 0. The summed E-state index contributed by atoms with van der Waals surface area (Å²) in [6.07, 6.45) is 59.7. The fourth-order valence-corrected chi connectivity index (χ4v) is 4.73. The summed E-state index contributed by atoms with van der Waals surface area (Å²) in [4.78, 5) is 56.0. The molecule has 0 aliphatic carbocycles. The third-order valence-corrected chi connectivity index (χ3v) is 8.27. The first-order valence-electron chi connectivity index (χ1n) is 24.5. The van der Waals surface area contributed by atoms with E-state index >= 15 is 0 Å². The topological polar surface area (TPSA) is 299 Å². The normalized spacial score (nSPS) is 8.04. The van der Waals surface area contributed by atoms with Gasteiger partial charge in [-0.05, 0) is 102 Å². The van der Waals surface area contributed by atoms with E-state index in [1.807, 2.05) is 157 Å². The van der Waals surface area contributed by atoms with Crippen LogP contribution in [0.4, 0.5) is 0 Å². The molecule has 0 unspecified atom stereocenters. The van der Waals surface area contributed by atoms with Crippen LogP contribution in [0, 0.1) is 0 Å². The average molecular weight is 1260 g/mol. The van der Waals surface area contributed by atoms with Gasteiger partial charge in [0, 0.05) is 130 Å². The number of aliphatic imine (C=N–C) groups is 1. The third-order valence-electron chi connectivity index (χ3n) is 7.64. The Morgan fingerprint density at radius 2 is 0.846 bits per heavy atom. The van der Waals surface area contributed by atoms with Crippen LogP contribution in [0.3, 0.4) is 0 Å². The van der Waals surface area contributed by atoms with Gasteiger partial charge in [-0.15, -0.1) is 0 Å². The molecule has 0 bridgehead atoms. The number of rotatable bonds is 0. The zero-order chi connectivity index (χ0) is 58.4. The maximum absolute atomic E-state index is 4.58. The molecule has 15 aromatic rings. The van der Waals surface area contributed by atoms with E-state index in [9.17, 15) is 0 Å². The van der Waals surface area contributed by atoms with Crippen molar-refractivity contribution in [1.82, 2.24) is 85.0 Å². The number of furan rings is 2. The molecular weight excluding hydrogens is 1160 g/mol. The Hall–Kier alpha value is -11.9. The highest BCUT2D eigenvalue weighted by Gasteiger charge is 1.88. The molecule has 1 aliphatic heterocycles. The molecule has 0 amide bonds. The molecule has 0 spiro atoms. The van der Waals surface area contributed by atoms with Crippen molar-refractivity contribution in [3.63, 3.8) is 0 Å². The number of pyridine rings is 1. The third kappa shape index (κ3) is 72.3. The Morgan fingerprint density at radius 3 is 1.04 bits per heavy atom. The van der Waals surface area contributed by atoms with Gasteiger partial charge in [-0.1, -0.05) is 95.8 Å². The number of allylic oxidation sites excluding steroid dienone is 1. The lowest BCUT2D eigenvalue weighted by Crippen LogP contribution is -1.66. The largest absolute Gasteiger partial charge is 0.473 e. The van der Waals surface area contributed by atoms with Crippen LogP contribution < -0.4 is 0 Å². The molecule has 23 heteroatoms. The van der Waals surface area contributed by atoms with E-state index in [1.54, 1.807) is 167 Å². The van der Waals surface area contributed by atoms with Gasteiger partial charge in [0.15, 0.2) is 12.8 Å². The van der Waals surface area contributed by atoms with Crippen LogP contribution in [0.5, 0.6) is 0 Å². The molecule has 0 saturated heterocycles. The van der Waals surface area contributed by atoms with Crippen LogP contribution in [0.2, 0.25) is 0 Å². The maximum Gasteiger partial charge on any atom is 0.180 e. The zero-order valence-electron chi connectivity index (χ0n) is 45.0. The number of nitrogens with one attached hydrogen (secondary N) is 5. The highest BCUT2D eigenvalue weighted by Crippen LogP contribution is 2.05. The summed E-state index contributed by atoms with van der Waals surface area (Å²) >= 11 is 1.71. The quantitative estimate of drug-likeness (QED) is 0.0942. The minimum absolute atomic E-state index is 0. The van der Waals surface area contributed by atoms with Gasteiger partial charge in [0.2, 0.25) is 0 Å². The van der Waals surface area contributed by atoms with Gasteiger partial charge >= 0.3 is 0 Å². The summed E-state index contributed by atoms with van der Waals surface area (Å²) < 4.78 is 18.1. The molecule has 22 nitrogen and oxygen atoms in total. The second kappa shape index (κ2) is 82.4. The van der Waals surface area contributed by atoms with Crippen molar-refractivity contribution < 1.29 is 17.7 Å². The van der Waals surface area contributed by atoms with Gasteiger partial charge in [0.05, 0.1) is 61.1 Å². The van der Waals surface area contributed by atoms with E-state index in [2.05, 4.69) is 108 Å². The summed E-state index contributed by atoms with van der Waals surface area (Å²) in [5, 5.41) is 10.3. The van der Waals surface area contributed by atoms with Gasteiger partial charge < -0.3 is 37.6 Å². The van der Waals surface area contributed by atoms with E-state index < -0.39 is 0 Å². The fraction of sp³-hybridized carbons (Fsp3) is 0.132. The number of benzene rings is 1. The summed E-state index contributed by atoms with van der Waals surface area (Å²) in [5.41, 5.74) is 2.12. The van der Waals surface area contributed by atoms with Crippen molar-refractivity contribution in [2.45, 2.75) is 65.8 Å². The summed E-state index contributed by atoms with van der Waals surface area (Å²) in [7, 11) is 0. The van der Waals surface area contributed by atoms with Crippen LogP contribution in [0.1, 0.15) is 65.8 Å². The monoisotopic (exact) mass is 1260 g/mol. The van der Waals surface area contributed by atoms with E-state index in [4.69, 9.17) is 0 Å². The number of fused-ring (bicyclic) bond motifs is 1. The second-order valence-electron chi connectivity index (χ2n) is 13.6. The maximum atomic E-state index is 4.58. The molecule has 5 N–H and O–H groups in total. The molecule has 0 atom stereocenters. The lowest BCUT2D eigenvalue weighted by molar-refractivity contribution is 0.557. The van der Waals surface area contributed by atoms with E-state index in [1.165, 1.54) is 38.0 Å². The van der Waals surface area contributed by atoms with Gasteiger partial charge in [-0.3, -0.25) is 25.0 Å². The number of hydrogen-bond donors (Lipinski definition) is 5. The number of aromatic amines is 5. The molecule has 91 heavy (non-hydrogen) atoms. The standard InChI is InChI=1S/C7H6N2.C5H5N.3C4H4N2.3C4H5N.2C4H4O.C4H4S.2C3H4N2.2C3H3NO.8CH4/c1-2-4-7-6(3-1)8-5-9-7;1-2-4-6-5-3-1;1-2-6-4-3-5-1;2*1-2-5-4-6-3-1;6*1-2-4-5-3-1;1-2-5-3-4-1;1-2-4-5-3-1;2*1-2-5-3-4-1;;;;;;;;/h1-5H,(H,8,9);1-5H;3*1-4H;1,3-4H,2H2;2*1-5H;3*1-4H;2*1-3H,(H,4,5);2*1-3H;8*1H4. The smallest absolute Gasteiger partial charge is 0.180 e. The Balaban J connectivity index is -0.000000166. The molecule has 1 aliphatic rings. The first kappa shape index (κ1) is 92.9. The predicted molar refractivity (Wildman–Crippen MR) is 376 cm³/mol. The minimum atomic E-state index is 0. The molecule has 0 radical (unpaired) electrons. The molecule has 488 valence electrons. The second-order valence-corrected chi connectivity index (χ2v) is 14.4. The number of H-pyrrole nitrogens is 5. The van der Waals surface area contributed by atoms with Crippen molar-refractivity contribution in [2.24, 2.45) is 4.99 Å². The molecule has 15 heterocycles. The fourth-order valence-electron chi connectivity index (χ4n) is 4.27. The van der Waals surface area contributed by atoms with Crippen molar-refractivity contribution in [3.8, 4) is 0 Å². The number of thiophene rings is 1. The Morgan fingerprint density at radius 1 is 0.352 bits per heavy atom. The van der Waals surface area contributed by atoms with Gasteiger partial charge in [-0.25, -0.2) is 39.9 Å². The Bertz CT molecular complexity index is 2450. The van der Waals surface area contributed by atoms with Crippen LogP contribution in [-0.2, 0) is 0 Å². The van der Waals surface area contributed by atoms with Crippen molar-refractivity contribution in [1.29, 1.82) is 0 Å². The van der Waals surface area contributed by atoms with E-state index in [0.717, 1.165) is 17.5 Å². The molecule has 16 rings (SSSR count). The molecule has 14 aromatic heterocycles. The highest BCUT2D eigenvalue weighted by atomic mass is 32.1.